The Morgan fingerprint density at radius 1 is 1.36 bits per heavy atom. The zero-order chi connectivity index (χ0) is 17.3. The number of thiazole rings is 1. The molecule has 1 aromatic heterocycles. The van der Waals surface area contributed by atoms with Gasteiger partial charge in [-0.15, -0.1) is 11.3 Å². The van der Waals surface area contributed by atoms with Crippen LogP contribution in [0, 0.1) is 0 Å². The van der Waals surface area contributed by atoms with Crippen molar-refractivity contribution < 1.29 is 14.6 Å². The van der Waals surface area contributed by atoms with E-state index in [9.17, 15) is 5.11 Å². The summed E-state index contributed by atoms with van der Waals surface area (Å²) in [7, 11) is 1.77. The van der Waals surface area contributed by atoms with E-state index in [1.54, 1.807) is 18.4 Å². The highest BCUT2D eigenvalue weighted by Crippen LogP contribution is 2.35. The van der Waals surface area contributed by atoms with E-state index >= 15 is 0 Å². The Labute approximate surface area is 153 Å². The Bertz CT molecular complexity index is 570. The van der Waals surface area contributed by atoms with Gasteiger partial charge in [0.1, 0.15) is 10.6 Å². The molecule has 0 aliphatic carbocycles. The number of hydrogen-bond donors (Lipinski definition) is 1. The van der Waals surface area contributed by atoms with E-state index < -0.39 is 5.60 Å². The van der Waals surface area contributed by atoms with Gasteiger partial charge in [0.05, 0.1) is 38.1 Å². The summed E-state index contributed by atoms with van der Waals surface area (Å²) >= 11 is 1.68. The van der Waals surface area contributed by atoms with Crippen LogP contribution in [0.5, 0.6) is 0 Å². The Balaban J connectivity index is 1.36. The number of aromatic nitrogens is 1. The number of ether oxygens (including phenoxy) is 2. The molecular formula is C18H29N3O3S. The topological polar surface area (TPSA) is 58.1 Å². The van der Waals surface area contributed by atoms with Crippen molar-refractivity contribution in [3.63, 3.8) is 0 Å². The highest BCUT2D eigenvalue weighted by Gasteiger charge is 2.39. The molecule has 0 aromatic carbocycles. The number of hydrogen-bond acceptors (Lipinski definition) is 7. The van der Waals surface area contributed by atoms with Crippen LogP contribution in [0.15, 0.2) is 5.38 Å². The lowest BCUT2D eigenvalue weighted by atomic mass is 9.88. The molecule has 3 saturated heterocycles. The van der Waals surface area contributed by atoms with Gasteiger partial charge in [0.25, 0.3) is 0 Å². The van der Waals surface area contributed by atoms with Gasteiger partial charge >= 0.3 is 0 Å². The zero-order valence-corrected chi connectivity index (χ0v) is 15.8. The molecule has 0 radical (unpaired) electrons. The SMILES string of the molecule is COCC1CCCN1Cc1nc(C2(O)CCN(C3COC3)CC2)cs1. The lowest BCUT2D eigenvalue weighted by Crippen LogP contribution is -2.54. The monoisotopic (exact) mass is 367 g/mol. The molecule has 0 spiro atoms. The molecule has 4 heterocycles. The largest absolute Gasteiger partial charge is 0.383 e. The molecule has 25 heavy (non-hydrogen) atoms. The standard InChI is InChI=1S/C18H29N3O3S/c1-23-10-14-3-2-6-21(14)9-17-19-16(13-25-17)18(22)4-7-20(8-5-18)15-11-24-12-15/h13-15,22H,2-12H2,1H3. The van der Waals surface area contributed by atoms with Crippen LogP contribution in [0.3, 0.4) is 0 Å². The van der Waals surface area contributed by atoms with Crippen LogP contribution in [0.2, 0.25) is 0 Å². The van der Waals surface area contributed by atoms with Crippen molar-refractivity contribution in [3.8, 4) is 0 Å². The first kappa shape index (κ1) is 17.8. The molecule has 1 unspecified atom stereocenters. The minimum absolute atomic E-state index is 0.508. The summed E-state index contributed by atoms with van der Waals surface area (Å²) in [6.45, 7) is 6.34. The van der Waals surface area contributed by atoms with Gasteiger partial charge in [-0.2, -0.15) is 0 Å². The molecule has 4 rings (SSSR count). The molecule has 6 nitrogen and oxygen atoms in total. The first-order valence-corrected chi connectivity index (χ1v) is 10.3. The first-order chi connectivity index (χ1) is 12.2. The third-order valence-corrected chi connectivity index (χ3v) is 6.82. The normalized spacial score (nSPS) is 28.3. The molecule has 7 heteroatoms. The summed E-state index contributed by atoms with van der Waals surface area (Å²) in [6, 6.07) is 1.07. The minimum atomic E-state index is -0.757. The Morgan fingerprint density at radius 3 is 2.84 bits per heavy atom. The molecule has 3 fully saturated rings. The maximum atomic E-state index is 11.1. The van der Waals surface area contributed by atoms with Crippen molar-refractivity contribution in [2.75, 3.05) is 46.6 Å². The van der Waals surface area contributed by atoms with E-state index in [2.05, 4.69) is 15.2 Å². The van der Waals surface area contributed by atoms with Crippen LogP contribution < -0.4 is 0 Å². The van der Waals surface area contributed by atoms with Crippen LogP contribution in [0.1, 0.15) is 36.4 Å². The summed E-state index contributed by atoms with van der Waals surface area (Å²) in [4.78, 5) is 9.73. The second kappa shape index (κ2) is 7.58. The van der Waals surface area contributed by atoms with Crippen LogP contribution in [0.25, 0.3) is 0 Å². The number of nitrogens with zero attached hydrogens (tertiary/aromatic N) is 3. The molecule has 0 amide bonds. The molecule has 0 bridgehead atoms. The van der Waals surface area contributed by atoms with Gasteiger partial charge in [-0.1, -0.05) is 0 Å². The fraction of sp³-hybridized carbons (Fsp3) is 0.833. The lowest BCUT2D eigenvalue weighted by Gasteiger charge is -2.43. The highest BCUT2D eigenvalue weighted by atomic mass is 32.1. The zero-order valence-electron chi connectivity index (χ0n) is 15.0. The number of piperidine rings is 1. The fourth-order valence-electron chi connectivity index (χ4n) is 4.20. The van der Waals surface area contributed by atoms with Gasteiger partial charge < -0.3 is 14.6 Å². The van der Waals surface area contributed by atoms with E-state index in [0.29, 0.717) is 12.1 Å². The Hall–Kier alpha value is -0.570. The maximum Gasteiger partial charge on any atom is 0.110 e. The minimum Gasteiger partial charge on any atom is -0.383 e. The van der Waals surface area contributed by atoms with Crippen LogP contribution >= 0.6 is 11.3 Å². The van der Waals surface area contributed by atoms with E-state index in [1.165, 1.54) is 12.8 Å². The third-order valence-electron chi connectivity index (χ3n) is 5.99. The molecule has 1 aromatic rings. The Morgan fingerprint density at radius 2 is 2.16 bits per heavy atom. The molecule has 3 aliphatic heterocycles. The van der Waals surface area contributed by atoms with Crippen LogP contribution in [0.4, 0.5) is 0 Å². The van der Waals surface area contributed by atoms with Gasteiger partial charge in [0.2, 0.25) is 0 Å². The Kier molecular flexibility index (Phi) is 5.41. The molecule has 140 valence electrons. The molecule has 0 saturated carbocycles. The lowest BCUT2D eigenvalue weighted by molar-refractivity contribution is -0.102. The van der Waals surface area contributed by atoms with Crippen molar-refractivity contribution in [1.29, 1.82) is 0 Å². The predicted molar refractivity (Wildman–Crippen MR) is 96.7 cm³/mol. The van der Waals surface area contributed by atoms with Gasteiger partial charge in [0.15, 0.2) is 0 Å². The van der Waals surface area contributed by atoms with Gasteiger partial charge in [-0.3, -0.25) is 9.80 Å². The van der Waals surface area contributed by atoms with Crippen molar-refractivity contribution >= 4 is 11.3 Å². The number of aliphatic hydroxyl groups is 1. The van der Waals surface area contributed by atoms with E-state index in [1.807, 2.05) is 0 Å². The summed E-state index contributed by atoms with van der Waals surface area (Å²) in [5, 5.41) is 14.3. The quantitative estimate of drug-likeness (QED) is 0.821. The van der Waals surface area contributed by atoms with Crippen molar-refractivity contribution in [1.82, 2.24) is 14.8 Å². The van der Waals surface area contributed by atoms with Crippen molar-refractivity contribution in [3.05, 3.63) is 16.1 Å². The van der Waals surface area contributed by atoms with Crippen LogP contribution in [-0.2, 0) is 21.6 Å². The molecular weight excluding hydrogens is 338 g/mol. The average Bonchev–Trinajstić information content (AvgIpc) is 3.19. The third kappa shape index (κ3) is 3.77. The van der Waals surface area contributed by atoms with E-state index in [0.717, 1.165) is 69.5 Å². The molecule has 1 N–H and O–H groups in total. The first-order valence-electron chi connectivity index (χ1n) is 9.40. The van der Waals surface area contributed by atoms with Crippen molar-refractivity contribution in [2.45, 2.75) is 49.9 Å². The summed E-state index contributed by atoms with van der Waals surface area (Å²) in [6.07, 6.45) is 3.97. The fourth-order valence-corrected chi connectivity index (χ4v) is 5.12. The maximum absolute atomic E-state index is 11.1. The number of methoxy groups -OCH3 is 1. The highest BCUT2D eigenvalue weighted by molar-refractivity contribution is 7.09. The summed E-state index contributed by atoms with van der Waals surface area (Å²) in [5.74, 6) is 0. The number of likely N-dealkylation sites (tertiary alicyclic amines) is 2. The van der Waals surface area contributed by atoms with Gasteiger partial charge in [0, 0.05) is 31.6 Å². The van der Waals surface area contributed by atoms with Crippen LogP contribution in [-0.4, -0.2) is 78.5 Å². The smallest absolute Gasteiger partial charge is 0.110 e. The average molecular weight is 368 g/mol. The summed E-state index contributed by atoms with van der Waals surface area (Å²) < 4.78 is 10.6. The second-order valence-corrected chi connectivity index (χ2v) is 8.55. The second-order valence-electron chi connectivity index (χ2n) is 7.61. The molecule has 1 atom stereocenters. The van der Waals surface area contributed by atoms with Crippen molar-refractivity contribution in [2.24, 2.45) is 0 Å². The summed E-state index contributed by atoms with van der Waals surface area (Å²) in [5.41, 5.74) is 0.117. The van der Waals surface area contributed by atoms with Gasteiger partial charge in [-0.05, 0) is 32.2 Å². The van der Waals surface area contributed by atoms with Gasteiger partial charge in [-0.25, -0.2) is 4.98 Å². The molecule has 3 aliphatic rings. The van der Waals surface area contributed by atoms with E-state index in [4.69, 9.17) is 14.5 Å². The number of rotatable bonds is 6. The predicted octanol–water partition coefficient (Wildman–Crippen LogP) is 1.44. The van der Waals surface area contributed by atoms with E-state index in [-0.39, 0.29) is 0 Å².